The minimum Gasteiger partial charge on any atom is -0.467 e. The van der Waals surface area contributed by atoms with Crippen LogP contribution in [-0.2, 0) is 0 Å². The smallest absolute Gasteiger partial charge is 0.123 e. The van der Waals surface area contributed by atoms with Crippen LogP contribution in [0.25, 0.3) is 0 Å². The zero-order chi connectivity index (χ0) is 12.9. The van der Waals surface area contributed by atoms with Gasteiger partial charge >= 0.3 is 0 Å². The van der Waals surface area contributed by atoms with Crippen molar-refractivity contribution in [1.29, 1.82) is 0 Å². The SMILES string of the molecule is CCC(CC)(CO)CNC(C)c1occc1C. The number of rotatable bonds is 7. The van der Waals surface area contributed by atoms with Crippen molar-refractivity contribution in [2.75, 3.05) is 13.2 Å². The lowest BCUT2D eigenvalue weighted by Crippen LogP contribution is -2.37. The molecule has 0 spiro atoms. The molecule has 2 N–H and O–H groups in total. The zero-order valence-electron chi connectivity index (χ0n) is 11.4. The highest BCUT2D eigenvalue weighted by atomic mass is 16.3. The van der Waals surface area contributed by atoms with E-state index in [1.165, 1.54) is 5.56 Å². The van der Waals surface area contributed by atoms with Gasteiger partial charge in [-0.3, -0.25) is 0 Å². The van der Waals surface area contributed by atoms with E-state index >= 15 is 0 Å². The van der Waals surface area contributed by atoms with Crippen LogP contribution >= 0.6 is 0 Å². The summed E-state index contributed by atoms with van der Waals surface area (Å²) in [6, 6.07) is 2.17. The Balaban J connectivity index is 2.58. The summed E-state index contributed by atoms with van der Waals surface area (Å²) in [7, 11) is 0. The van der Waals surface area contributed by atoms with Gasteiger partial charge in [0.15, 0.2) is 0 Å². The molecule has 0 radical (unpaired) electrons. The van der Waals surface area contributed by atoms with Crippen LogP contribution in [0.15, 0.2) is 16.7 Å². The van der Waals surface area contributed by atoms with Crippen molar-refractivity contribution in [3.05, 3.63) is 23.7 Å². The Morgan fingerprint density at radius 1 is 1.41 bits per heavy atom. The van der Waals surface area contributed by atoms with E-state index < -0.39 is 0 Å². The lowest BCUT2D eigenvalue weighted by molar-refractivity contribution is 0.109. The molecule has 0 aromatic carbocycles. The molecule has 1 unspecified atom stereocenters. The first-order valence-corrected chi connectivity index (χ1v) is 6.46. The maximum Gasteiger partial charge on any atom is 0.123 e. The highest BCUT2D eigenvalue weighted by molar-refractivity contribution is 5.17. The Hall–Kier alpha value is -0.800. The van der Waals surface area contributed by atoms with E-state index in [0.29, 0.717) is 0 Å². The van der Waals surface area contributed by atoms with Gasteiger partial charge in [-0.1, -0.05) is 13.8 Å². The van der Waals surface area contributed by atoms with E-state index in [1.807, 2.05) is 6.07 Å². The molecule has 3 heteroatoms. The van der Waals surface area contributed by atoms with Crippen LogP contribution in [0.4, 0.5) is 0 Å². The van der Waals surface area contributed by atoms with Gasteiger partial charge in [-0.2, -0.15) is 0 Å². The van der Waals surface area contributed by atoms with Crippen LogP contribution in [0.3, 0.4) is 0 Å². The molecule has 1 atom stereocenters. The third-order valence-electron chi connectivity index (χ3n) is 3.91. The number of nitrogens with one attached hydrogen (secondary N) is 1. The number of aliphatic hydroxyl groups excluding tert-OH is 1. The molecule has 3 nitrogen and oxygen atoms in total. The highest BCUT2D eigenvalue weighted by Crippen LogP contribution is 2.26. The van der Waals surface area contributed by atoms with Crippen LogP contribution in [0.2, 0.25) is 0 Å². The molecule has 0 fully saturated rings. The topological polar surface area (TPSA) is 45.4 Å². The predicted molar refractivity (Wildman–Crippen MR) is 70.0 cm³/mol. The molecule has 0 aliphatic rings. The maximum atomic E-state index is 9.51. The number of hydrogen-bond donors (Lipinski definition) is 2. The molecule has 1 rings (SSSR count). The molecule has 0 saturated carbocycles. The van der Waals surface area contributed by atoms with E-state index in [4.69, 9.17) is 4.42 Å². The van der Waals surface area contributed by atoms with Crippen LogP contribution in [-0.4, -0.2) is 18.3 Å². The molecule has 17 heavy (non-hydrogen) atoms. The summed E-state index contributed by atoms with van der Waals surface area (Å²) in [5.74, 6) is 0.990. The van der Waals surface area contributed by atoms with Gasteiger partial charge in [0, 0.05) is 18.6 Å². The third kappa shape index (κ3) is 3.33. The number of furan rings is 1. The Morgan fingerprint density at radius 3 is 2.47 bits per heavy atom. The van der Waals surface area contributed by atoms with E-state index in [2.05, 4.69) is 33.0 Å². The highest BCUT2D eigenvalue weighted by Gasteiger charge is 2.26. The van der Waals surface area contributed by atoms with Crippen LogP contribution in [0, 0.1) is 12.3 Å². The van der Waals surface area contributed by atoms with Crippen molar-refractivity contribution in [3.8, 4) is 0 Å². The van der Waals surface area contributed by atoms with Gasteiger partial charge in [0.05, 0.1) is 12.3 Å². The quantitative estimate of drug-likeness (QED) is 0.768. The van der Waals surface area contributed by atoms with Gasteiger partial charge in [-0.05, 0) is 38.3 Å². The summed E-state index contributed by atoms with van der Waals surface area (Å²) in [6.45, 7) is 9.46. The van der Waals surface area contributed by atoms with Gasteiger partial charge in [0.2, 0.25) is 0 Å². The summed E-state index contributed by atoms with van der Waals surface area (Å²) < 4.78 is 5.47. The van der Waals surface area contributed by atoms with E-state index in [0.717, 1.165) is 25.1 Å². The van der Waals surface area contributed by atoms with Gasteiger partial charge in [-0.25, -0.2) is 0 Å². The first kappa shape index (κ1) is 14.3. The standard InChI is InChI=1S/C14H25NO2/c1-5-14(6-2,10-16)9-15-12(4)13-11(3)7-8-17-13/h7-8,12,15-16H,5-6,9-10H2,1-4H3. The second-order valence-corrected chi connectivity index (χ2v) is 4.94. The Morgan fingerprint density at radius 2 is 2.06 bits per heavy atom. The summed E-state index contributed by atoms with van der Waals surface area (Å²) in [5, 5.41) is 13.0. The number of aryl methyl sites for hydroxylation is 1. The average Bonchev–Trinajstić information content (AvgIpc) is 2.78. The van der Waals surface area contributed by atoms with Gasteiger partial charge in [0.25, 0.3) is 0 Å². The van der Waals surface area contributed by atoms with Gasteiger partial charge in [-0.15, -0.1) is 0 Å². The fourth-order valence-electron chi connectivity index (χ4n) is 2.07. The summed E-state index contributed by atoms with van der Waals surface area (Å²) in [5.41, 5.74) is 1.17. The summed E-state index contributed by atoms with van der Waals surface area (Å²) in [6.07, 6.45) is 3.69. The molecule has 98 valence electrons. The molecule has 0 saturated heterocycles. The Bertz CT molecular complexity index is 320. The first-order chi connectivity index (χ1) is 8.08. The molecule has 0 bridgehead atoms. The zero-order valence-corrected chi connectivity index (χ0v) is 11.4. The predicted octanol–water partition coefficient (Wildman–Crippen LogP) is 3.04. The molecule has 1 heterocycles. The summed E-state index contributed by atoms with van der Waals surface area (Å²) in [4.78, 5) is 0. The Labute approximate surface area is 104 Å². The van der Waals surface area contributed by atoms with E-state index in [9.17, 15) is 5.11 Å². The molecular weight excluding hydrogens is 214 g/mol. The largest absolute Gasteiger partial charge is 0.467 e. The van der Waals surface area contributed by atoms with Crippen LogP contribution in [0.1, 0.15) is 51.0 Å². The summed E-state index contributed by atoms with van der Waals surface area (Å²) >= 11 is 0. The fraction of sp³-hybridized carbons (Fsp3) is 0.714. The van der Waals surface area contributed by atoms with Crippen molar-refractivity contribution < 1.29 is 9.52 Å². The molecule has 1 aromatic heterocycles. The second-order valence-electron chi connectivity index (χ2n) is 4.94. The van der Waals surface area contributed by atoms with Crippen LogP contribution in [0.5, 0.6) is 0 Å². The minimum absolute atomic E-state index is 0.00520. The lowest BCUT2D eigenvalue weighted by atomic mass is 9.83. The van der Waals surface area contributed by atoms with Crippen molar-refractivity contribution in [2.24, 2.45) is 5.41 Å². The monoisotopic (exact) mass is 239 g/mol. The van der Waals surface area contributed by atoms with Crippen molar-refractivity contribution in [3.63, 3.8) is 0 Å². The first-order valence-electron chi connectivity index (χ1n) is 6.46. The normalized spacial score (nSPS) is 13.9. The molecular formula is C14H25NO2. The van der Waals surface area contributed by atoms with Crippen LogP contribution < -0.4 is 5.32 Å². The van der Waals surface area contributed by atoms with Gasteiger partial charge < -0.3 is 14.8 Å². The lowest BCUT2D eigenvalue weighted by Gasteiger charge is -2.31. The van der Waals surface area contributed by atoms with E-state index in [1.54, 1.807) is 6.26 Å². The third-order valence-corrected chi connectivity index (χ3v) is 3.91. The van der Waals surface area contributed by atoms with Gasteiger partial charge in [0.1, 0.15) is 5.76 Å². The second kappa shape index (κ2) is 6.22. The fourth-order valence-corrected chi connectivity index (χ4v) is 2.07. The van der Waals surface area contributed by atoms with Crippen molar-refractivity contribution in [1.82, 2.24) is 5.32 Å². The molecule has 0 amide bonds. The van der Waals surface area contributed by atoms with Crippen molar-refractivity contribution in [2.45, 2.75) is 46.6 Å². The molecule has 0 aliphatic heterocycles. The van der Waals surface area contributed by atoms with Crippen molar-refractivity contribution >= 4 is 0 Å². The molecule has 1 aromatic rings. The van der Waals surface area contributed by atoms with E-state index in [-0.39, 0.29) is 18.1 Å². The maximum absolute atomic E-state index is 9.51. The Kier molecular flexibility index (Phi) is 5.22. The average molecular weight is 239 g/mol. The molecule has 0 aliphatic carbocycles. The minimum atomic E-state index is -0.00520. The number of aliphatic hydroxyl groups is 1. The number of hydrogen-bond acceptors (Lipinski definition) is 3.